The Morgan fingerprint density at radius 3 is 2.31 bits per heavy atom. The number of aromatic nitrogens is 2. The predicted molar refractivity (Wildman–Crippen MR) is 113 cm³/mol. The van der Waals surface area contributed by atoms with Gasteiger partial charge in [-0.15, -0.1) is 0 Å². The van der Waals surface area contributed by atoms with Crippen molar-refractivity contribution in [3.8, 4) is 0 Å². The lowest BCUT2D eigenvalue weighted by molar-refractivity contribution is 0.104. The van der Waals surface area contributed by atoms with E-state index >= 15 is 0 Å². The van der Waals surface area contributed by atoms with Crippen molar-refractivity contribution in [1.82, 2.24) is 9.97 Å². The molecule has 10 heteroatoms. The van der Waals surface area contributed by atoms with Gasteiger partial charge in [-0.3, -0.25) is 4.79 Å². The van der Waals surface area contributed by atoms with Gasteiger partial charge in [0, 0.05) is 35.9 Å². The number of rotatable bonds is 7. The van der Waals surface area contributed by atoms with Gasteiger partial charge in [0.05, 0.1) is 14.9 Å². The SMILES string of the molecule is O=C(/C=C/Nc1ccc(S(=O)(=O)Nc2ncccn2)cc1)c1ccc(Cl)c(Cl)c1. The highest BCUT2D eigenvalue weighted by atomic mass is 35.5. The van der Waals surface area contributed by atoms with E-state index in [0.717, 1.165) is 0 Å². The van der Waals surface area contributed by atoms with Crippen molar-refractivity contribution < 1.29 is 13.2 Å². The van der Waals surface area contributed by atoms with Crippen LogP contribution in [0, 0.1) is 0 Å². The van der Waals surface area contributed by atoms with Gasteiger partial charge in [-0.05, 0) is 48.5 Å². The van der Waals surface area contributed by atoms with Crippen LogP contribution in [0.3, 0.4) is 0 Å². The fourth-order valence-corrected chi connectivity index (χ4v) is 3.48. The monoisotopic (exact) mass is 448 g/mol. The maximum absolute atomic E-state index is 12.3. The Kier molecular flexibility index (Phi) is 6.48. The molecule has 0 amide bonds. The van der Waals surface area contributed by atoms with Crippen LogP contribution >= 0.6 is 23.2 Å². The van der Waals surface area contributed by atoms with Crippen LogP contribution in [-0.4, -0.2) is 24.2 Å². The van der Waals surface area contributed by atoms with Gasteiger partial charge in [0.2, 0.25) is 5.95 Å². The molecule has 0 atom stereocenters. The van der Waals surface area contributed by atoms with E-state index < -0.39 is 10.0 Å². The average Bonchev–Trinajstić information content (AvgIpc) is 2.71. The van der Waals surface area contributed by atoms with E-state index in [2.05, 4.69) is 20.0 Å². The molecule has 2 N–H and O–H groups in total. The van der Waals surface area contributed by atoms with Crippen molar-refractivity contribution in [2.45, 2.75) is 4.90 Å². The minimum absolute atomic E-state index is 0.0153. The molecule has 0 aliphatic carbocycles. The zero-order valence-electron chi connectivity index (χ0n) is 14.7. The Labute approximate surface area is 177 Å². The molecule has 0 aliphatic heterocycles. The van der Waals surface area contributed by atoms with Gasteiger partial charge in [-0.1, -0.05) is 23.2 Å². The van der Waals surface area contributed by atoms with Crippen LogP contribution in [0.2, 0.25) is 10.0 Å². The molecule has 148 valence electrons. The molecule has 3 aromatic rings. The lowest BCUT2D eigenvalue weighted by Gasteiger charge is -2.07. The second-order valence-electron chi connectivity index (χ2n) is 5.67. The molecule has 0 saturated carbocycles. The zero-order chi connectivity index (χ0) is 20.9. The first-order chi connectivity index (χ1) is 13.8. The van der Waals surface area contributed by atoms with Crippen LogP contribution in [0.5, 0.6) is 0 Å². The van der Waals surface area contributed by atoms with Crippen molar-refractivity contribution in [2.24, 2.45) is 0 Å². The Morgan fingerprint density at radius 1 is 0.966 bits per heavy atom. The van der Waals surface area contributed by atoms with Crippen molar-refractivity contribution in [1.29, 1.82) is 0 Å². The summed E-state index contributed by atoms with van der Waals surface area (Å²) in [7, 11) is -3.81. The maximum Gasteiger partial charge on any atom is 0.264 e. The van der Waals surface area contributed by atoms with E-state index in [0.29, 0.717) is 21.3 Å². The summed E-state index contributed by atoms with van der Waals surface area (Å²) in [5, 5.41) is 3.56. The Hall–Kier alpha value is -2.94. The third kappa shape index (κ3) is 5.54. The summed E-state index contributed by atoms with van der Waals surface area (Å²) in [6.45, 7) is 0. The summed E-state index contributed by atoms with van der Waals surface area (Å²) in [5.41, 5.74) is 0.992. The molecule has 29 heavy (non-hydrogen) atoms. The summed E-state index contributed by atoms with van der Waals surface area (Å²) in [4.78, 5) is 19.8. The second kappa shape index (κ2) is 9.04. The molecule has 0 spiro atoms. The summed E-state index contributed by atoms with van der Waals surface area (Å²) >= 11 is 11.7. The number of ketones is 1. The Bertz CT molecular complexity index is 1150. The number of halogens is 2. The summed E-state index contributed by atoms with van der Waals surface area (Å²) < 4.78 is 27.0. The molecule has 0 fully saturated rings. The van der Waals surface area contributed by atoms with E-state index in [9.17, 15) is 13.2 Å². The number of benzene rings is 2. The number of carbonyl (C=O) groups excluding carboxylic acids is 1. The lowest BCUT2D eigenvalue weighted by Crippen LogP contribution is -2.14. The molecule has 0 bridgehead atoms. The van der Waals surface area contributed by atoms with E-state index in [-0.39, 0.29) is 16.6 Å². The highest BCUT2D eigenvalue weighted by Gasteiger charge is 2.15. The smallest absolute Gasteiger partial charge is 0.264 e. The molecule has 0 saturated heterocycles. The first kappa shape index (κ1) is 20.8. The van der Waals surface area contributed by atoms with Gasteiger partial charge in [-0.2, -0.15) is 0 Å². The summed E-state index contributed by atoms with van der Waals surface area (Å²) in [5.74, 6) is -0.277. The van der Waals surface area contributed by atoms with Crippen LogP contribution in [0.1, 0.15) is 10.4 Å². The number of allylic oxidation sites excluding steroid dienone is 1. The van der Waals surface area contributed by atoms with E-state index in [4.69, 9.17) is 23.2 Å². The number of sulfonamides is 1. The number of anilines is 2. The molecular weight excluding hydrogens is 435 g/mol. The molecular formula is C19H14Cl2N4O3S. The van der Waals surface area contributed by atoms with E-state index in [1.54, 1.807) is 30.3 Å². The maximum atomic E-state index is 12.3. The molecule has 1 aromatic heterocycles. The predicted octanol–water partition coefficient (Wildman–Crippen LogP) is 4.39. The van der Waals surface area contributed by atoms with Gasteiger partial charge >= 0.3 is 0 Å². The molecule has 0 unspecified atom stereocenters. The summed E-state index contributed by atoms with van der Waals surface area (Å²) in [6, 6.07) is 12.2. The fourth-order valence-electron chi connectivity index (χ4n) is 2.22. The fraction of sp³-hybridized carbons (Fsp3) is 0. The number of nitrogens with one attached hydrogen (secondary N) is 2. The molecule has 1 heterocycles. The van der Waals surface area contributed by atoms with Crippen LogP contribution in [-0.2, 0) is 10.0 Å². The van der Waals surface area contributed by atoms with Crippen LogP contribution in [0.4, 0.5) is 11.6 Å². The Morgan fingerprint density at radius 2 is 1.66 bits per heavy atom. The van der Waals surface area contributed by atoms with Gasteiger partial charge < -0.3 is 5.32 Å². The normalized spacial score (nSPS) is 11.4. The van der Waals surface area contributed by atoms with Gasteiger partial charge in [-0.25, -0.2) is 23.1 Å². The van der Waals surface area contributed by atoms with Gasteiger partial charge in [0.1, 0.15) is 0 Å². The van der Waals surface area contributed by atoms with Gasteiger partial charge in [0.25, 0.3) is 10.0 Å². The van der Waals surface area contributed by atoms with Crippen LogP contribution < -0.4 is 10.0 Å². The number of hydrogen-bond donors (Lipinski definition) is 2. The number of hydrogen-bond acceptors (Lipinski definition) is 6. The first-order valence-electron chi connectivity index (χ1n) is 8.17. The minimum atomic E-state index is -3.81. The minimum Gasteiger partial charge on any atom is -0.362 e. The van der Waals surface area contributed by atoms with Crippen LogP contribution in [0.25, 0.3) is 0 Å². The highest BCUT2D eigenvalue weighted by molar-refractivity contribution is 7.92. The quantitative estimate of drug-likeness (QED) is 0.410. The molecule has 0 radical (unpaired) electrons. The zero-order valence-corrected chi connectivity index (χ0v) is 17.0. The standard InChI is InChI=1S/C19H14Cl2N4O3S/c20-16-7-2-13(12-17(16)21)18(26)8-11-22-14-3-5-15(6-4-14)29(27,28)25-19-23-9-1-10-24-19/h1-12,22H,(H,23,24,25)/b11-8+. The average molecular weight is 449 g/mol. The first-order valence-corrected chi connectivity index (χ1v) is 10.4. The van der Waals surface area contributed by atoms with Crippen molar-refractivity contribution in [2.75, 3.05) is 10.0 Å². The van der Waals surface area contributed by atoms with Crippen LogP contribution in [0.15, 0.2) is 78.1 Å². The number of carbonyl (C=O) groups is 1. The largest absolute Gasteiger partial charge is 0.362 e. The van der Waals surface area contributed by atoms with Crippen molar-refractivity contribution in [3.63, 3.8) is 0 Å². The third-order valence-electron chi connectivity index (χ3n) is 3.64. The lowest BCUT2D eigenvalue weighted by atomic mass is 10.1. The van der Waals surface area contributed by atoms with E-state index in [1.165, 1.54) is 42.9 Å². The highest BCUT2D eigenvalue weighted by Crippen LogP contribution is 2.23. The van der Waals surface area contributed by atoms with Crippen molar-refractivity contribution in [3.05, 3.63) is 88.8 Å². The van der Waals surface area contributed by atoms with Crippen molar-refractivity contribution >= 4 is 50.6 Å². The molecule has 7 nitrogen and oxygen atoms in total. The van der Waals surface area contributed by atoms with E-state index in [1.807, 2.05) is 0 Å². The summed E-state index contributed by atoms with van der Waals surface area (Å²) in [6.07, 6.45) is 5.65. The third-order valence-corrected chi connectivity index (χ3v) is 5.73. The van der Waals surface area contributed by atoms with Gasteiger partial charge in [0.15, 0.2) is 5.78 Å². The Balaban J connectivity index is 1.63. The second-order valence-corrected chi connectivity index (χ2v) is 8.17. The number of nitrogens with zero attached hydrogens (tertiary/aromatic N) is 2. The topological polar surface area (TPSA) is 101 Å². The molecule has 0 aliphatic rings. The molecule has 2 aromatic carbocycles. The molecule has 3 rings (SSSR count).